The Morgan fingerprint density at radius 3 is 2.68 bits per heavy atom. The first-order valence-electron chi connectivity index (χ1n) is 6.28. The Balaban J connectivity index is 2.40. The third-order valence-corrected chi connectivity index (χ3v) is 2.66. The lowest BCUT2D eigenvalue weighted by molar-refractivity contribution is -0.115. The Morgan fingerprint density at radius 2 is 2.11 bits per heavy atom. The molecule has 0 bridgehead atoms. The van der Waals surface area contributed by atoms with E-state index in [1.807, 2.05) is 13.0 Å². The third kappa shape index (κ3) is 5.89. The number of benzene rings is 1. The van der Waals surface area contributed by atoms with E-state index in [4.69, 9.17) is 10.00 Å². The van der Waals surface area contributed by atoms with Crippen LogP contribution in [0.4, 0.5) is 5.69 Å². The second-order valence-corrected chi connectivity index (χ2v) is 4.21. The van der Waals surface area contributed by atoms with Crippen molar-refractivity contribution in [2.24, 2.45) is 0 Å². The molecule has 0 aromatic heterocycles. The molecule has 1 aromatic carbocycles. The van der Waals surface area contributed by atoms with Crippen molar-refractivity contribution in [3.63, 3.8) is 0 Å². The zero-order valence-corrected chi connectivity index (χ0v) is 11.3. The van der Waals surface area contributed by atoms with Gasteiger partial charge in [-0.1, -0.05) is 6.92 Å². The molecular weight excluding hydrogens is 242 g/mol. The Bertz CT molecular complexity index is 437. The van der Waals surface area contributed by atoms with Crippen LogP contribution in [0.5, 0.6) is 5.75 Å². The minimum atomic E-state index is -0.0778. The summed E-state index contributed by atoms with van der Waals surface area (Å²) in [6, 6.07) is 9.14. The number of carbonyl (C=O) groups is 1. The van der Waals surface area contributed by atoms with Gasteiger partial charge in [0.2, 0.25) is 5.91 Å². The molecule has 1 atom stereocenters. The van der Waals surface area contributed by atoms with Crippen molar-refractivity contribution in [2.75, 3.05) is 18.5 Å². The Labute approximate surface area is 113 Å². The number of ether oxygens (including phenoxy) is 1. The van der Waals surface area contributed by atoms with Crippen molar-refractivity contribution in [2.45, 2.75) is 26.3 Å². The number of nitrogens with one attached hydrogen (secondary N) is 2. The highest BCUT2D eigenvalue weighted by Crippen LogP contribution is 2.15. The molecule has 0 aliphatic heterocycles. The van der Waals surface area contributed by atoms with E-state index in [0.717, 1.165) is 6.42 Å². The van der Waals surface area contributed by atoms with E-state index in [1.54, 1.807) is 24.3 Å². The average Bonchev–Trinajstić information content (AvgIpc) is 2.44. The number of hydrogen-bond acceptors (Lipinski definition) is 4. The normalized spacial score (nSPS) is 11.4. The van der Waals surface area contributed by atoms with Gasteiger partial charge in [-0.25, -0.2) is 0 Å². The first-order chi connectivity index (χ1) is 9.15. The maximum absolute atomic E-state index is 11.6. The Kier molecular flexibility index (Phi) is 6.41. The summed E-state index contributed by atoms with van der Waals surface area (Å²) < 4.78 is 5.12. The zero-order valence-electron chi connectivity index (χ0n) is 11.3. The van der Waals surface area contributed by atoms with Crippen LogP contribution >= 0.6 is 0 Å². The minimum Gasteiger partial charge on any atom is -0.479 e. The Morgan fingerprint density at radius 1 is 1.42 bits per heavy atom. The van der Waals surface area contributed by atoms with E-state index in [0.29, 0.717) is 24.0 Å². The molecule has 0 aliphatic rings. The van der Waals surface area contributed by atoms with Gasteiger partial charge in [0.1, 0.15) is 11.8 Å². The summed E-state index contributed by atoms with van der Waals surface area (Å²) in [7, 11) is 0. The molecule has 0 heterocycles. The summed E-state index contributed by atoms with van der Waals surface area (Å²) in [5.74, 6) is 0.531. The molecule has 0 aliphatic carbocycles. The second-order valence-electron chi connectivity index (χ2n) is 4.21. The van der Waals surface area contributed by atoms with Gasteiger partial charge in [-0.3, -0.25) is 4.79 Å². The van der Waals surface area contributed by atoms with Gasteiger partial charge in [0.15, 0.2) is 6.61 Å². The molecule has 0 spiro atoms. The summed E-state index contributed by atoms with van der Waals surface area (Å²) >= 11 is 0. The molecule has 0 radical (unpaired) electrons. The SMILES string of the molecule is CCC(C)NCC(=O)Nc1ccc(OCC#N)cc1. The fourth-order valence-electron chi connectivity index (χ4n) is 1.37. The lowest BCUT2D eigenvalue weighted by atomic mass is 10.2. The quantitative estimate of drug-likeness (QED) is 0.786. The number of carbonyl (C=O) groups excluding carboxylic acids is 1. The third-order valence-electron chi connectivity index (χ3n) is 2.66. The topological polar surface area (TPSA) is 74.2 Å². The molecule has 5 heteroatoms. The molecule has 0 fully saturated rings. The molecule has 1 aromatic rings. The summed E-state index contributed by atoms with van der Waals surface area (Å²) in [5, 5.41) is 14.3. The number of nitrogens with zero attached hydrogens (tertiary/aromatic N) is 1. The summed E-state index contributed by atoms with van der Waals surface area (Å²) in [5.41, 5.74) is 0.709. The highest BCUT2D eigenvalue weighted by atomic mass is 16.5. The first-order valence-corrected chi connectivity index (χ1v) is 6.28. The molecule has 1 unspecified atom stereocenters. The monoisotopic (exact) mass is 261 g/mol. The molecule has 1 rings (SSSR count). The van der Waals surface area contributed by atoms with Crippen LogP contribution < -0.4 is 15.4 Å². The molecule has 0 saturated carbocycles. The van der Waals surface area contributed by atoms with Gasteiger partial charge in [-0.05, 0) is 37.6 Å². The van der Waals surface area contributed by atoms with E-state index in [-0.39, 0.29) is 12.5 Å². The van der Waals surface area contributed by atoms with Crippen LogP contribution in [0.25, 0.3) is 0 Å². The van der Waals surface area contributed by atoms with Crippen molar-refractivity contribution in [3.05, 3.63) is 24.3 Å². The van der Waals surface area contributed by atoms with Crippen LogP contribution in [0, 0.1) is 11.3 Å². The maximum atomic E-state index is 11.6. The van der Waals surface area contributed by atoms with E-state index < -0.39 is 0 Å². The lowest BCUT2D eigenvalue weighted by Crippen LogP contribution is -2.33. The first kappa shape index (κ1) is 15.0. The van der Waals surface area contributed by atoms with Crippen molar-refractivity contribution in [1.82, 2.24) is 5.32 Å². The fraction of sp³-hybridized carbons (Fsp3) is 0.429. The van der Waals surface area contributed by atoms with Crippen LogP contribution in [0.1, 0.15) is 20.3 Å². The predicted octanol–water partition coefficient (Wildman–Crippen LogP) is 1.92. The lowest BCUT2D eigenvalue weighted by Gasteiger charge is -2.11. The van der Waals surface area contributed by atoms with Crippen LogP contribution in [-0.2, 0) is 4.79 Å². The van der Waals surface area contributed by atoms with Crippen molar-refractivity contribution < 1.29 is 9.53 Å². The smallest absolute Gasteiger partial charge is 0.238 e. The molecule has 102 valence electrons. The van der Waals surface area contributed by atoms with E-state index in [1.165, 1.54) is 0 Å². The van der Waals surface area contributed by atoms with Gasteiger partial charge < -0.3 is 15.4 Å². The standard InChI is InChI=1S/C14H19N3O2/c1-3-11(2)16-10-14(18)17-12-4-6-13(7-5-12)19-9-8-15/h4-7,11,16H,3,9-10H2,1-2H3,(H,17,18). The maximum Gasteiger partial charge on any atom is 0.238 e. The number of nitriles is 1. The number of rotatable bonds is 7. The molecule has 2 N–H and O–H groups in total. The van der Waals surface area contributed by atoms with Gasteiger partial charge >= 0.3 is 0 Å². The van der Waals surface area contributed by atoms with Crippen molar-refractivity contribution >= 4 is 11.6 Å². The number of hydrogen-bond donors (Lipinski definition) is 2. The zero-order chi connectivity index (χ0) is 14.1. The van der Waals surface area contributed by atoms with Crippen LogP contribution in [-0.4, -0.2) is 25.1 Å². The van der Waals surface area contributed by atoms with Crippen molar-refractivity contribution in [1.29, 1.82) is 5.26 Å². The molecule has 0 saturated heterocycles. The number of anilines is 1. The van der Waals surface area contributed by atoms with Gasteiger partial charge in [0, 0.05) is 11.7 Å². The van der Waals surface area contributed by atoms with Crippen LogP contribution in [0.2, 0.25) is 0 Å². The van der Waals surface area contributed by atoms with E-state index in [2.05, 4.69) is 17.6 Å². The highest BCUT2D eigenvalue weighted by molar-refractivity contribution is 5.92. The largest absolute Gasteiger partial charge is 0.479 e. The summed E-state index contributed by atoms with van der Waals surface area (Å²) in [4.78, 5) is 11.6. The highest BCUT2D eigenvalue weighted by Gasteiger charge is 2.04. The predicted molar refractivity (Wildman–Crippen MR) is 73.9 cm³/mol. The Hall–Kier alpha value is -2.06. The molecule has 19 heavy (non-hydrogen) atoms. The fourth-order valence-corrected chi connectivity index (χ4v) is 1.37. The molecule has 5 nitrogen and oxygen atoms in total. The molecule has 1 amide bonds. The number of amides is 1. The van der Waals surface area contributed by atoms with E-state index in [9.17, 15) is 4.79 Å². The van der Waals surface area contributed by atoms with Crippen molar-refractivity contribution in [3.8, 4) is 11.8 Å². The summed E-state index contributed by atoms with van der Waals surface area (Å²) in [6.07, 6.45) is 0.984. The minimum absolute atomic E-state index is 0.0184. The van der Waals surface area contributed by atoms with Gasteiger partial charge in [0.05, 0.1) is 6.54 Å². The van der Waals surface area contributed by atoms with Gasteiger partial charge in [-0.2, -0.15) is 5.26 Å². The van der Waals surface area contributed by atoms with Crippen LogP contribution in [0.15, 0.2) is 24.3 Å². The van der Waals surface area contributed by atoms with Gasteiger partial charge in [-0.15, -0.1) is 0 Å². The average molecular weight is 261 g/mol. The van der Waals surface area contributed by atoms with Crippen LogP contribution in [0.3, 0.4) is 0 Å². The second kappa shape index (κ2) is 8.11. The van der Waals surface area contributed by atoms with Gasteiger partial charge in [0.25, 0.3) is 0 Å². The molecular formula is C14H19N3O2. The van der Waals surface area contributed by atoms with E-state index >= 15 is 0 Å². The summed E-state index contributed by atoms with van der Waals surface area (Å²) in [6.45, 7) is 4.41.